The van der Waals surface area contributed by atoms with E-state index in [0.717, 1.165) is 11.8 Å². The monoisotopic (exact) mass is 475 g/mol. The number of anilines is 1. The fraction of sp³-hybridized carbons (Fsp3) is 0.261. The highest BCUT2D eigenvalue weighted by atomic mass is 19.4. The molecule has 0 bridgehead atoms. The molecular formula is C23H20F3N3O5. The first-order valence-electron chi connectivity index (χ1n) is 10.4. The lowest BCUT2D eigenvalue weighted by molar-refractivity contribution is -0.143. The van der Waals surface area contributed by atoms with Crippen molar-refractivity contribution in [2.75, 3.05) is 25.1 Å². The highest BCUT2D eigenvalue weighted by Crippen LogP contribution is 2.34. The van der Waals surface area contributed by atoms with Gasteiger partial charge in [-0.15, -0.1) is 0 Å². The topological polar surface area (TPSA) is 91.7 Å². The van der Waals surface area contributed by atoms with E-state index in [2.05, 4.69) is 10.4 Å². The molecule has 0 atom stereocenters. The molecule has 0 saturated carbocycles. The maximum Gasteiger partial charge on any atom is 0.434 e. The molecule has 11 heteroatoms. The molecule has 178 valence electrons. The fourth-order valence-electron chi connectivity index (χ4n) is 3.45. The molecule has 1 aromatic heterocycles. The summed E-state index contributed by atoms with van der Waals surface area (Å²) in [6.07, 6.45) is -3.95. The Morgan fingerprint density at radius 1 is 1.09 bits per heavy atom. The number of benzene rings is 2. The minimum absolute atomic E-state index is 0.0627. The molecule has 4 rings (SSSR count). The number of carbonyl (C=O) groups is 2. The molecule has 8 nitrogen and oxygen atoms in total. The standard InChI is InChI=1S/C23H20F3N3O5/c1-2-32-22(31)17-13-27-29(21(17)23(24,25)26)16-6-4-15(5-7-16)28-20(30)12-14-3-8-18-19(11-14)34-10-9-33-18/h3-8,11,13H,2,9-10,12H2,1H3,(H,28,30). The van der Waals surface area contributed by atoms with Crippen LogP contribution in [0.15, 0.2) is 48.7 Å². The third kappa shape index (κ3) is 4.98. The Hall–Kier alpha value is -4.02. The van der Waals surface area contributed by atoms with E-state index in [1.165, 1.54) is 31.2 Å². The number of rotatable bonds is 6. The van der Waals surface area contributed by atoms with Crippen LogP contribution in [0.1, 0.15) is 28.5 Å². The van der Waals surface area contributed by atoms with E-state index in [9.17, 15) is 22.8 Å². The van der Waals surface area contributed by atoms with Crippen LogP contribution in [0.25, 0.3) is 5.69 Å². The number of carbonyl (C=O) groups excluding carboxylic acids is 2. The third-order valence-electron chi connectivity index (χ3n) is 4.90. The summed E-state index contributed by atoms with van der Waals surface area (Å²) < 4.78 is 57.2. The number of halogens is 3. The Balaban J connectivity index is 1.48. The zero-order valence-electron chi connectivity index (χ0n) is 18.0. The van der Waals surface area contributed by atoms with Crippen LogP contribution < -0.4 is 14.8 Å². The van der Waals surface area contributed by atoms with Crippen molar-refractivity contribution in [2.45, 2.75) is 19.5 Å². The Morgan fingerprint density at radius 2 is 1.79 bits per heavy atom. The number of esters is 1. The molecule has 0 saturated heterocycles. The predicted octanol–water partition coefficient (Wildman–Crippen LogP) is 4.02. The zero-order valence-corrected chi connectivity index (χ0v) is 18.0. The van der Waals surface area contributed by atoms with Crippen LogP contribution in [0.2, 0.25) is 0 Å². The van der Waals surface area contributed by atoms with Crippen molar-refractivity contribution in [3.05, 3.63) is 65.5 Å². The van der Waals surface area contributed by atoms with E-state index < -0.39 is 23.4 Å². The summed E-state index contributed by atoms with van der Waals surface area (Å²) >= 11 is 0. The van der Waals surface area contributed by atoms with Gasteiger partial charge in [0.05, 0.1) is 24.9 Å². The summed E-state index contributed by atoms with van der Waals surface area (Å²) in [6, 6.07) is 10.8. The lowest BCUT2D eigenvalue weighted by Crippen LogP contribution is -2.18. The number of amides is 1. The van der Waals surface area contributed by atoms with Crippen molar-refractivity contribution in [1.82, 2.24) is 9.78 Å². The van der Waals surface area contributed by atoms with E-state index in [-0.39, 0.29) is 24.6 Å². The summed E-state index contributed by atoms with van der Waals surface area (Å²) in [7, 11) is 0. The van der Waals surface area contributed by atoms with Crippen molar-refractivity contribution in [3.8, 4) is 17.2 Å². The molecule has 0 fully saturated rings. The van der Waals surface area contributed by atoms with Gasteiger partial charge in [-0.25, -0.2) is 9.48 Å². The van der Waals surface area contributed by atoms with Crippen molar-refractivity contribution in [3.63, 3.8) is 0 Å². The van der Waals surface area contributed by atoms with Gasteiger partial charge in [0.25, 0.3) is 0 Å². The van der Waals surface area contributed by atoms with E-state index in [4.69, 9.17) is 14.2 Å². The Bertz CT molecular complexity index is 1210. The van der Waals surface area contributed by atoms with Gasteiger partial charge in [-0.05, 0) is 48.9 Å². The number of fused-ring (bicyclic) bond motifs is 1. The van der Waals surface area contributed by atoms with Gasteiger partial charge in [-0.2, -0.15) is 18.3 Å². The average molecular weight is 475 g/mol. The second-order valence-electron chi connectivity index (χ2n) is 7.29. The molecule has 1 aliphatic heterocycles. The number of nitrogens with one attached hydrogen (secondary N) is 1. The molecule has 34 heavy (non-hydrogen) atoms. The number of alkyl halides is 3. The van der Waals surface area contributed by atoms with Crippen molar-refractivity contribution in [2.24, 2.45) is 0 Å². The summed E-state index contributed by atoms with van der Waals surface area (Å²) in [5.41, 5.74) is -0.742. The van der Waals surface area contributed by atoms with Gasteiger partial charge >= 0.3 is 12.1 Å². The molecule has 0 unspecified atom stereocenters. The van der Waals surface area contributed by atoms with Gasteiger partial charge in [0, 0.05) is 5.69 Å². The molecule has 1 aliphatic rings. The van der Waals surface area contributed by atoms with Gasteiger partial charge in [0.1, 0.15) is 18.8 Å². The normalized spacial score (nSPS) is 12.8. The molecule has 1 N–H and O–H groups in total. The van der Waals surface area contributed by atoms with Gasteiger partial charge in [0.2, 0.25) is 5.91 Å². The molecular weight excluding hydrogens is 455 g/mol. The van der Waals surface area contributed by atoms with Gasteiger partial charge in [0.15, 0.2) is 17.2 Å². The van der Waals surface area contributed by atoms with E-state index >= 15 is 0 Å². The molecule has 0 aliphatic carbocycles. The molecule has 0 spiro atoms. The van der Waals surface area contributed by atoms with Gasteiger partial charge < -0.3 is 19.5 Å². The summed E-state index contributed by atoms with van der Waals surface area (Å²) in [6.45, 7) is 2.33. The van der Waals surface area contributed by atoms with E-state index in [0.29, 0.717) is 35.1 Å². The second kappa shape index (κ2) is 9.46. The molecule has 2 heterocycles. The van der Waals surface area contributed by atoms with Crippen LogP contribution in [0.5, 0.6) is 11.5 Å². The molecule has 3 aromatic rings. The van der Waals surface area contributed by atoms with Gasteiger partial charge in [-0.3, -0.25) is 4.79 Å². The summed E-state index contributed by atoms with van der Waals surface area (Å²) in [5.74, 6) is -0.232. The fourth-order valence-corrected chi connectivity index (χ4v) is 3.45. The Labute approximate surface area is 192 Å². The molecule has 1 amide bonds. The molecule has 0 radical (unpaired) electrons. The first-order chi connectivity index (χ1) is 16.3. The van der Waals surface area contributed by atoms with Crippen LogP contribution >= 0.6 is 0 Å². The van der Waals surface area contributed by atoms with Crippen molar-refractivity contribution in [1.29, 1.82) is 0 Å². The van der Waals surface area contributed by atoms with Crippen LogP contribution in [-0.2, 0) is 22.1 Å². The molecule has 2 aromatic carbocycles. The van der Waals surface area contributed by atoms with Crippen LogP contribution in [0.3, 0.4) is 0 Å². The lowest BCUT2D eigenvalue weighted by atomic mass is 10.1. The number of hydrogen-bond donors (Lipinski definition) is 1. The maximum absolute atomic E-state index is 13.6. The second-order valence-corrected chi connectivity index (χ2v) is 7.29. The number of aromatic nitrogens is 2. The zero-order chi connectivity index (χ0) is 24.3. The summed E-state index contributed by atoms with van der Waals surface area (Å²) in [5, 5.41) is 6.42. The number of ether oxygens (including phenoxy) is 3. The number of nitrogens with zero attached hydrogens (tertiary/aromatic N) is 2. The smallest absolute Gasteiger partial charge is 0.434 e. The van der Waals surface area contributed by atoms with Crippen LogP contribution in [0.4, 0.5) is 18.9 Å². The van der Waals surface area contributed by atoms with E-state index in [1.54, 1.807) is 18.2 Å². The van der Waals surface area contributed by atoms with Crippen molar-refractivity contribution >= 4 is 17.6 Å². The summed E-state index contributed by atoms with van der Waals surface area (Å²) in [4.78, 5) is 24.4. The van der Waals surface area contributed by atoms with Crippen LogP contribution in [0, 0.1) is 0 Å². The van der Waals surface area contributed by atoms with Crippen molar-refractivity contribution < 1.29 is 37.0 Å². The first kappa shape index (κ1) is 23.1. The minimum Gasteiger partial charge on any atom is -0.486 e. The minimum atomic E-state index is -4.84. The maximum atomic E-state index is 13.6. The first-order valence-corrected chi connectivity index (χ1v) is 10.4. The largest absolute Gasteiger partial charge is 0.486 e. The lowest BCUT2D eigenvalue weighted by Gasteiger charge is -2.18. The third-order valence-corrected chi connectivity index (χ3v) is 4.90. The predicted molar refractivity (Wildman–Crippen MR) is 114 cm³/mol. The van der Waals surface area contributed by atoms with Gasteiger partial charge in [-0.1, -0.05) is 6.07 Å². The average Bonchev–Trinajstić information content (AvgIpc) is 3.26. The quantitative estimate of drug-likeness (QED) is 0.542. The highest BCUT2D eigenvalue weighted by molar-refractivity contribution is 5.92. The Morgan fingerprint density at radius 3 is 2.47 bits per heavy atom. The number of hydrogen-bond acceptors (Lipinski definition) is 6. The van der Waals surface area contributed by atoms with Crippen LogP contribution in [-0.4, -0.2) is 41.5 Å². The Kier molecular flexibility index (Phi) is 6.44. The SMILES string of the molecule is CCOC(=O)c1cnn(-c2ccc(NC(=O)Cc3ccc4c(c3)OCCO4)cc2)c1C(F)(F)F. The van der Waals surface area contributed by atoms with E-state index in [1.807, 2.05) is 0 Å². The highest BCUT2D eigenvalue weighted by Gasteiger charge is 2.41.